The smallest absolute Gasteiger partial charge is 0.309 e. The second-order valence-corrected chi connectivity index (χ2v) is 7.58. The molecule has 0 bridgehead atoms. The lowest BCUT2D eigenvalue weighted by atomic mass is 9.81. The molecule has 0 saturated carbocycles. The summed E-state index contributed by atoms with van der Waals surface area (Å²) in [5, 5.41) is 13.4. The predicted molar refractivity (Wildman–Crippen MR) is 106 cm³/mol. The molecular formula is C22H21NO3S. The van der Waals surface area contributed by atoms with Crippen molar-refractivity contribution in [3.63, 3.8) is 0 Å². The van der Waals surface area contributed by atoms with Crippen molar-refractivity contribution in [1.82, 2.24) is 4.98 Å². The zero-order valence-corrected chi connectivity index (χ0v) is 15.9. The third kappa shape index (κ3) is 3.66. The third-order valence-corrected chi connectivity index (χ3v) is 5.81. The van der Waals surface area contributed by atoms with Crippen LogP contribution in [0.15, 0.2) is 53.9 Å². The summed E-state index contributed by atoms with van der Waals surface area (Å²) in [6.07, 6.45) is 0.379. The van der Waals surface area contributed by atoms with Gasteiger partial charge in [0.25, 0.3) is 0 Å². The van der Waals surface area contributed by atoms with Gasteiger partial charge >= 0.3 is 5.97 Å². The molecule has 0 aliphatic heterocycles. The van der Waals surface area contributed by atoms with Crippen LogP contribution in [0, 0.1) is 5.92 Å². The molecule has 4 rings (SSSR count). The highest BCUT2D eigenvalue weighted by molar-refractivity contribution is 7.13. The summed E-state index contributed by atoms with van der Waals surface area (Å²) in [5.74, 6) is -0.521. The Morgan fingerprint density at radius 2 is 2.04 bits per heavy atom. The second-order valence-electron chi connectivity index (χ2n) is 6.72. The van der Waals surface area contributed by atoms with E-state index >= 15 is 0 Å². The zero-order valence-electron chi connectivity index (χ0n) is 15.1. The van der Waals surface area contributed by atoms with Gasteiger partial charge in [0.2, 0.25) is 0 Å². The van der Waals surface area contributed by atoms with Crippen LogP contribution in [0.2, 0.25) is 0 Å². The van der Waals surface area contributed by atoms with Gasteiger partial charge in [0.15, 0.2) is 0 Å². The minimum atomic E-state index is -0.631. The van der Waals surface area contributed by atoms with Crippen molar-refractivity contribution in [2.24, 2.45) is 5.92 Å². The summed E-state index contributed by atoms with van der Waals surface area (Å²) in [7, 11) is 0. The Morgan fingerprint density at radius 1 is 1.22 bits per heavy atom. The van der Waals surface area contributed by atoms with E-state index in [-0.39, 0.29) is 11.9 Å². The minimum absolute atomic E-state index is 0.229. The number of fused-ring (bicyclic) bond motifs is 1. The molecule has 0 spiro atoms. The molecular weight excluding hydrogens is 358 g/mol. The normalized spacial score (nSPS) is 18.7. The van der Waals surface area contributed by atoms with Crippen LogP contribution < -0.4 is 0 Å². The molecule has 5 heteroatoms. The van der Waals surface area contributed by atoms with E-state index in [0.29, 0.717) is 19.4 Å². The van der Waals surface area contributed by atoms with Gasteiger partial charge in [0.1, 0.15) is 5.01 Å². The molecule has 1 aromatic heterocycles. The van der Waals surface area contributed by atoms with Crippen LogP contribution in [-0.4, -0.2) is 22.7 Å². The van der Waals surface area contributed by atoms with Gasteiger partial charge in [-0.2, -0.15) is 0 Å². The molecule has 3 aromatic rings. The second kappa shape index (κ2) is 7.62. The Labute approximate surface area is 162 Å². The number of benzene rings is 2. The van der Waals surface area contributed by atoms with E-state index in [9.17, 15) is 9.90 Å². The number of carbonyl (C=O) groups excluding carboxylic acids is 1. The maximum Gasteiger partial charge on any atom is 0.309 e. The number of aromatic nitrogens is 1. The van der Waals surface area contributed by atoms with E-state index in [4.69, 9.17) is 9.72 Å². The molecule has 0 fully saturated rings. The van der Waals surface area contributed by atoms with Gasteiger partial charge in [0.05, 0.1) is 24.3 Å². The number of hydrogen-bond donors (Lipinski definition) is 1. The number of thiazole rings is 1. The molecule has 1 N–H and O–H groups in total. The van der Waals surface area contributed by atoms with Crippen molar-refractivity contribution >= 4 is 17.3 Å². The van der Waals surface area contributed by atoms with Crippen molar-refractivity contribution in [1.29, 1.82) is 0 Å². The molecule has 27 heavy (non-hydrogen) atoms. The Hall–Kier alpha value is -2.50. The predicted octanol–water partition coefficient (Wildman–Crippen LogP) is 4.64. The van der Waals surface area contributed by atoms with Gasteiger partial charge in [-0.15, -0.1) is 11.3 Å². The molecule has 2 atom stereocenters. The molecule has 2 aromatic carbocycles. The van der Waals surface area contributed by atoms with Crippen molar-refractivity contribution in [3.8, 4) is 21.8 Å². The average Bonchev–Trinajstić information content (AvgIpc) is 3.18. The maximum absolute atomic E-state index is 12.1. The summed E-state index contributed by atoms with van der Waals surface area (Å²) >= 11 is 1.60. The lowest BCUT2D eigenvalue weighted by Crippen LogP contribution is -2.27. The maximum atomic E-state index is 12.1. The molecule has 4 nitrogen and oxygen atoms in total. The number of rotatable bonds is 4. The molecule has 1 aliphatic carbocycles. The Balaban J connectivity index is 1.62. The lowest BCUT2D eigenvalue weighted by molar-refractivity contribution is -0.149. The van der Waals surface area contributed by atoms with Crippen molar-refractivity contribution in [2.45, 2.75) is 25.9 Å². The van der Waals surface area contributed by atoms with Crippen molar-refractivity contribution in [2.75, 3.05) is 6.61 Å². The van der Waals surface area contributed by atoms with Crippen LogP contribution in [0.3, 0.4) is 0 Å². The fourth-order valence-corrected chi connectivity index (χ4v) is 4.40. The first-order chi connectivity index (χ1) is 13.2. The zero-order chi connectivity index (χ0) is 18.8. The van der Waals surface area contributed by atoms with Crippen LogP contribution in [0.25, 0.3) is 21.8 Å². The van der Waals surface area contributed by atoms with E-state index < -0.39 is 6.10 Å². The van der Waals surface area contributed by atoms with E-state index in [0.717, 1.165) is 33.0 Å². The monoisotopic (exact) mass is 379 g/mol. The minimum Gasteiger partial charge on any atom is -0.466 e. The SMILES string of the molecule is CCOC(=O)[C@@H]1Cc2cc(-c3nc(-c4ccccc4)cs3)ccc2[C@H](O)C1. The molecule has 138 valence electrons. The first-order valence-corrected chi connectivity index (χ1v) is 10.0. The fraction of sp³-hybridized carbons (Fsp3) is 0.273. The number of esters is 1. The summed E-state index contributed by atoms with van der Waals surface area (Å²) in [6.45, 7) is 2.16. The number of ether oxygens (including phenoxy) is 1. The Bertz CT molecular complexity index is 951. The Morgan fingerprint density at radius 3 is 2.81 bits per heavy atom. The van der Waals surface area contributed by atoms with E-state index in [1.807, 2.05) is 42.5 Å². The first-order valence-electron chi connectivity index (χ1n) is 9.14. The van der Waals surface area contributed by atoms with E-state index in [2.05, 4.69) is 11.4 Å². The quantitative estimate of drug-likeness (QED) is 0.671. The van der Waals surface area contributed by atoms with Crippen LogP contribution in [0.1, 0.15) is 30.6 Å². The number of carbonyl (C=O) groups is 1. The molecule has 0 amide bonds. The standard InChI is InChI=1S/C22H21NO3S/c1-2-26-22(25)17-11-16-10-15(8-9-18(16)20(24)12-17)21-23-19(13-27-21)14-6-4-3-5-7-14/h3-10,13,17,20,24H,2,11-12H2,1H3/t17-,20-/m1/s1. The van der Waals surface area contributed by atoms with Crippen molar-refractivity contribution < 1.29 is 14.6 Å². The topological polar surface area (TPSA) is 59.4 Å². The number of hydrogen-bond acceptors (Lipinski definition) is 5. The van der Waals surface area contributed by atoms with Crippen LogP contribution >= 0.6 is 11.3 Å². The largest absolute Gasteiger partial charge is 0.466 e. The Kier molecular flexibility index (Phi) is 5.05. The van der Waals surface area contributed by atoms with Crippen LogP contribution in [0.4, 0.5) is 0 Å². The summed E-state index contributed by atoms with van der Waals surface area (Å²) in [5.41, 5.74) is 4.96. The molecule has 0 unspecified atom stereocenters. The average molecular weight is 379 g/mol. The molecule has 1 heterocycles. The summed E-state index contributed by atoms with van der Waals surface area (Å²) in [6, 6.07) is 16.1. The van der Waals surface area contributed by atoms with Crippen LogP contribution in [0.5, 0.6) is 0 Å². The van der Waals surface area contributed by atoms with Gasteiger partial charge in [-0.25, -0.2) is 4.98 Å². The first kappa shape index (κ1) is 17.9. The number of aliphatic hydroxyl groups excluding tert-OH is 1. The van der Waals surface area contributed by atoms with E-state index in [1.54, 1.807) is 18.3 Å². The summed E-state index contributed by atoms with van der Waals surface area (Å²) < 4.78 is 5.15. The highest BCUT2D eigenvalue weighted by atomic mass is 32.1. The molecule has 0 radical (unpaired) electrons. The van der Waals surface area contributed by atoms with Crippen molar-refractivity contribution in [3.05, 3.63) is 65.0 Å². The van der Waals surface area contributed by atoms with Gasteiger partial charge in [0, 0.05) is 16.5 Å². The third-order valence-electron chi connectivity index (χ3n) is 4.92. The number of nitrogens with zero attached hydrogens (tertiary/aromatic N) is 1. The lowest BCUT2D eigenvalue weighted by Gasteiger charge is -2.27. The van der Waals surface area contributed by atoms with Crippen LogP contribution in [-0.2, 0) is 16.0 Å². The van der Waals surface area contributed by atoms with Gasteiger partial charge in [-0.1, -0.05) is 42.5 Å². The van der Waals surface area contributed by atoms with E-state index in [1.165, 1.54) is 0 Å². The number of aliphatic hydroxyl groups is 1. The summed E-state index contributed by atoms with van der Waals surface area (Å²) in [4.78, 5) is 16.9. The van der Waals surface area contributed by atoms with Gasteiger partial charge in [-0.05, 0) is 37.0 Å². The highest BCUT2D eigenvalue weighted by Gasteiger charge is 2.31. The fourth-order valence-electron chi connectivity index (χ4n) is 3.57. The highest BCUT2D eigenvalue weighted by Crippen LogP contribution is 2.37. The molecule has 1 aliphatic rings. The van der Waals surface area contributed by atoms with Gasteiger partial charge in [-0.3, -0.25) is 4.79 Å². The van der Waals surface area contributed by atoms with Gasteiger partial charge < -0.3 is 9.84 Å². The molecule has 0 saturated heterocycles.